The number of allylic oxidation sites excluding steroid dienone is 1. The Morgan fingerprint density at radius 1 is 1.28 bits per heavy atom. The molecule has 0 spiro atoms. The van der Waals surface area contributed by atoms with E-state index in [1.165, 1.54) is 5.57 Å². The number of hydrogen-bond donors (Lipinski definition) is 1. The van der Waals surface area contributed by atoms with E-state index in [2.05, 4.69) is 47.4 Å². The van der Waals surface area contributed by atoms with Gasteiger partial charge in [0.15, 0.2) is 8.32 Å². The molecule has 1 atom stereocenters. The van der Waals surface area contributed by atoms with Crippen molar-refractivity contribution in [3.05, 3.63) is 12.2 Å². The van der Waals surface area contributed by atoms with Crippen LogP contribution in [0.15, 0.2) is 12.2 Å². The fraction of sp³-hybridized carbons (Fsp3) is 0.867. The molecule has 1 N–H and O–H groups in total. The molecule has 0 saturated carbocycles. The van der Waals surface area contributed by atoms with E-state index in [1.54, 1.807) is 0 Å². The molecule has 0 heterocycles. The summed E-state index contributed by atoms with van der Waals surface area (Å²) in [6.45, 7) is 18.6. The van der Waals surface area contributed by atoms with E-state index in [0.29, 0.717) is 5.92 Å². The predicted molar refractivity (Wildman–Crippen MR) is 82.4 cm³/mol. The van der Waals surface area contributed by atoms with Gasteiger partial charge in [0, 0.05) is 13.2 Å². The van der Waals surface area contributed by atoms with Gasteiger partial charge < -0.3 is 9.53 Å². The molecule has 108 valence electrons. The van der Waals surface area contributed by atoms with Crippen LogP contribution in [0.25, 0.3) is 0 Å². The smallest absolute Gasteiger partial charge is 0.191 e. The Labute approximate surface area is 115 Å². The summed E-state index contributed by atoms with van der Waals surface area (Å²) in [5.74, 6) is 0.488. The van der Waals surface area contributed by atoms with Crippen LogP contribution >= 0.6 is 0 Å². The van der Waals surface area contributed by atoms with Gasteiger partial charge in [0.2, 0.25) is 0 Å². The van der Waals surface area contributed by atoms with E-state index in [9.17, 15) is 0 Å². The van der Waals surface area contributed by atoms with Gasteiger partial charge in [0.1, 0.15) is 0 Å². The van der Waals surface area contributed by atoms with Gasteiger partial charge in [0.05, 0.1) is 0 Å². The predicted octanol–water partition coefficient (Wildman–Crippen LogP) is 4.36. The third-order valence-corrected chi connectivity index (χ3v) is 8.68. The van der Waals surface area contributed by atoms with Crippen molar-refractivity contribution < 1.29 is 9.53 Å². The lowest BCUT2D eigenvalue weighted by Gasteiger charge is -2.36. The molecule has 0 rings (SSSR count). The monoisotopic (exact) mass is 272 g/mol. The summed E-state index contributed by atoms with van der Waals surface area (Å²) < 4.78 is 6.19. The van der Waals surface area contributed by atoms with Crippen LogP contribution in [0.1, 0.15) is 47.0 Å². The molecule has 0 bridgehead atoms. The zero-order valence-corrected chi connectivity index (χ0v) is 14.2. The second kappa shape index (κ2) is 7.46. The number of aliphatic hydroxyl groups is 1. The van der Waals surface area contributed by atoms with Crippen molar-refractivity contribution in [2.75, 3.05) is 13.2 Å². The quantitative estimate of drug-likeness (QED) is 0.525. The van der Waals surface area contributed by atoms with Crippen molar-refractivity contribution in [1.29, 1.82) is 0 Å². The molecule has 0 aliphatic rings. The molecule has 18 heavy (non-hydrogen) atoms. The molecule has 0 aromatic carbocycles. The summed E-state index contributed by atoms with van der Waals surface area (Å²) in [6.07, 6.45) is 2.91. The van der Waals surface area contributed by atoms with Gasteiger partial charge in [-0.1, -0.05) is 32.9 Å². The molecule has 3 heteroatoms. The minimum Gasteiger partial charge on any atom is -0.417 e. The van der Waals surface area contributed by atoms with Crippen LogP contribution < -0.4 is 0 Å². The highest BCUT2D eigenvalue weighted by Crippen LogP contribution is 2.36. The maximum atomic E-state index is 8.90. The SMILES string of the molecule is C=C(C)[C@@H](CCCO)CCO[Si](C)(C)C(C)(C)C. The van der Waals surface area contributed by atoms with Crippen LogP contribution in [0.3, 0.4) is 0 Å². The minimum absolute atomic E-state index is 0.271. The lowest BCUT2D eigenvalue weighted by molar-refractivity contribution is 0.244. The Morgan fingerprint density at radius 2 is 1.83 bits per heavy atom. The van der Waals surface area contributed by atoms with E-state index >= 15 is 0 Å². The van der Waals surface area contributed by atoms with Gasteiger partial charge in [-0.15, -0.1) is 0 Å². The third-order valence-electron chi connectivity index (χ3n) is 4.14. The van der Waals surface area contributed by atoms with Crippen molar-refractivity contribution in [2.45, 2.75) is 65.1 Å². The number of rotatable bonds is 8. The largest absolute Gasteiger partial charge is 0.417 e. The maximum absolute atomic E-state index is 8.90. The first-order chi connectivity index (χ1) is 8.12. The molecule has 0 saturated heterocycles. The van der Waals surface area contributed by atoms with Crippen molar-refractivity contribution in [3.8, 4) is 0 Å². The zero-order valence-electron chi connectivity index (χ0n) is 13.2. The molecular formula is C15H32O2Si. The summed E-state index contributed by atoms with van der Waals surface area (Å²) in [7, 11) is -1.62. The van der Waals surface area contributed by atoms with Crippen LogP contribution in [0.4, 0.5) is 0 Å². The van der Waals surface area contributed by atoms with Crippen LogP contribution in [0.5, 0.6) is 0 Å². The van der Waals surface area contributed by atoms with Gasteiger partial charge in [-0.25, -0.2) is 0 Å². The molecule has 0 fully saturated rings. The standard InChI is InChI=1S/C15H32O2Si/c1-13(2)14(9-8-11-16)10-12-17-18(6,7)15(3,4)5/h14,16H,1,8-12H2,2-7H3/t14-/m0/s1. The number of aliphatic hydroxyl groups excluding tert-OH is 1. The lowest BCUT2D eigenvalue weighted by Crippen LogP contribution is -2.41. The molecule has 0 radical (unpaired) electrons. The van der Waals surface area contributed by atoms with Gasteiger partial charge in [0.25, 0.3) is 0 Å². The Kier molecular flexibility index (Phi) is 7.41. The zero-order chi connectivity index (χ0) is 14.4. The highest BCUT2D eigenvalue weighted by atomic mass is 28.4. The van der Waals surface area contributed by atoms with Gasteiger partial charge in [-0.2, -0.15) is 0 Å². The highest BCUT2D eigenvalue weighted by Gasteiger charge is 2.36. The third kappa shape index (κ3) is 6.16. The summed E-state index contributed by atoms with van der Waals surface area (Å²) in [5.41, 5.74) is 1.21. The first kappa shape index (κ1) is 17.9. The topological polar surface area (TPSA) is 29.5 Å². The molecule has 0 aliphatic heterocycles. The van der Waals surface area contributed by atoms with Gasteiger partial charge >= 0.3 is 0 Å². The van der Waals surface area contributed by atoms with E-state index in [4.69, 9.17) is 9.53 Å². The molecule has 0 amide bonds. The molecular weight excluding hydrogens is 240 g/mol. The van der Waals surface area contributed by atoms with Crippen LogP contribution in [-0.4, -0.2) is 26.6 Å². The first-order valence-electron chi connectivity index (χ1n) is 7.02. The van der Waals surface area contributed by atoms with Crippen molar-refractivity contribution >= 4 is 8.32 Å². The summed E-state index contributed by atoms with van der Waals surface area (Å²) >= 11 is 0. The maximum Gasteiger partial charge on any atom is 0.191 e. The molecule has 2 nitrogen and oxygen atoms in total. The van der Waals surface area contributed by atoms with E-state index in [-0.39, 0.29) is 11.6 Å². The highest BCUT2D eigenvalue weighted by molar-refractivity contribution is 6.74. The Bertz CT molecular complexity index is 254. The second-order valence-corrected chi connectivity index (χ2v) is 11.6. The summed E-state index contributed by atoms with van der Waals surface area (Å²) in [6, 6.07) is 0. The fourth-order valence-electron chi connectivity index (χ4n) is 1.65. The average Bonchev–Trinajstić information content (AvgIpc) is 2.20. The summed E-state index contributed by atoms with van der Waals surface area (Å²) in [5, 5.41) is 9.18. The molecule has 0 aliphatic carbocycles. The molecule has 0 aromatic rings. The van der Waals surface area contributed by atoms with Gasteiger partial charge in [-0.05, 0) is 50.2 Å². The van der Waals surface area contributed by atoms with Crippen molar-refractivity contribution in [1.82, 2.24) is 0 Å². The lowest BCUT2D eigenvalue weighted by atomic mass is 9.93. The van der Waals surface area contributed by atoms with E-state index < -0.39 is 8.32 Å². The second-order valence-electron chi connectivity index (χ2n) is 6.81. The number of hydrogen-bond acceptors (Lipinski definition) is 2. The Morgan fingerprint density at radius 3 is 2.22 bits per heavy atom. The van der Waals surface area contributed by atoms with Crippen LogP contribution in [-0.2, 0) is 4.43 Å². The normalized spacial score (nSPS) is 14.6. The Hall–Kier alpha value is -0.123. The average molecular weight is 273 g/mol. The van der Waals surface area contributed by atoms with Crippen molar-refractivity contribution in [3.63, 3.8) is 0 Å². The molecule has 0 aromatic heterocycles. The van der Waals surface area contributed by atoms with Crippen molar-refractivity contribution in [2.24, 2.45) is 5.92 Å². The van der Waals surface area contributed by atoms with Crippen LogP contribution in [0, 0.1) is 5.92 Å². The van der Waals surface area contributed by atoms with E-state index in [0.717, 1.165) is 25.9 Å². The fourth-order valence-corrected chi connectivity index (χ4v) is 2.71. The summed E-state index contributed by atoms with van der Waals surface area (Å²) in [4.78, 5) is 0. The van der Waals surface area contributed by atoms with E-state index in [1.807, 2.05) is 0 Å². The Balaban J connectivity index is 4.18. The molecule has 0 unspecified atom stereocenters. The minimum atomic E-state index is -1.62. The first-order valence-corrected chi connectivity index (χ1v) is 9.93. The van der Waals surface area contributed by atoms with Gasteiger partial charge in [-0.3, -0.25) is 0 Å². The van der Waals surface area contributed by atoms with Crippen LogP contribution in [0.2, 0.25) is 18.1 Å².